The van der Waals surface area contributed by atoms with Crippen molar-refractivity contribution < 1.29 is 23.8 Å². The molecule has 0 bridgehead atoms. The van der Waals surface area contributed by atoms with Gasteiger partial charge in [-0.2, -0.15) is 0 Å². The van der Waals surface area contributed by atoms with Crippen LogP contribution in [0.4, 0.5) is 10.1 Å². The molecule has 1 aliphatic carbocycles. The molecule has 3 rings (SSSR count). The first-order chi connectivity index (χ1) is 12.5. The molecule has 0 aliphatic heterocycles. The minimum absolute atomic E-state index is 0.163. The fourth-order valence-electron chi connectivity index (χ4n) is 3.10. The van der Waals surface area contributed by atoms with Gasteiger partial charge in [0, 0.05) is 17.7 Å². The van der Waals surface area contributed by atoms with Crippen LogP contribution in [0.1, 0.15) is 24.8 Å². The Morgan fingerprint density at radius 2 is 1.85 bits per heavy atom. The molecule has 1 amide bonds. The lowest BCUT2D eigenvalue weighted by Crippen LogP contribution is -2.21. The molecule has 26 heavy (non-hydrogen) atoms. The third-order valence-electron chi connectivity index (χ3n) is 4.57. The highest BCUT2D eigenvalue weighted by molar-refractivity contribution is 5.93. The molecular weight excluding hydrogens is 337 g/mol. The van der Waals surface area contributed by atoms with Gasteiger partial charge in [-0.25, -0.2) is 4.39 Å². The van der Waals surface area contributed by atoms with E-state index in [1.54, 1.807) is 36.4 Å². The maximum Gasteiger partial charge on any atom is 0.306 e. The Bertz CT molecular complexity index is 791. The lowest BCUT2D eigenvalue weighted by atomic mass is 10.0. The molecule has 0 radical (unpaired) electrons. The summed E-state index contributed by atoms with van der Waals surface area (Å²) < 4.78 is 18.6. The highest BCUT2D eigenvalue weighted by Gasteiger charge is 2.33. The standard InChI is InChI=1S/C20H20FNO4/c21-16-8-4-13(5-9-16)12-26-18-3-1-2-17(11-18)22-19(23)14-6-7-15(10-14)20(24)25/h1-5,8-9,11,14-15H,6-7,10,12H2,(H,22,23)(H,24,25)/t14-,15+/m0/s1. The number of carbonyl (C=O) groups excluding carboxylic acids is 1. The molecule has 0 heterocycles. The molecule has 0 spiro atoms. The SMILES string of the molecule is O=C(O)[C@@H]1CC[C@H](C(=O)Nc2cccc(OCc3ccc(F)cc3)c2)C1. The number of anilines is 1. The van der Waals surface area contributed by atoms with E-state index in [2.05, 4.69) is 5.32 Å². The first-order valence-electron chi connectivity index (χ1n) is 8.52. The van der Waals surface area contributed by atoms with Crippen LogP contribution in [0.15, 0.2) is 48.5 Å². The molecular formula is C20H20FNO4. The Hall–Kier alpha value is -2.89. The van der Waals surface area contributed by atoms with Crippen LogP contribution in [0.5, 0.6) is 5.75 Å². The molecule has 136 valence electrons. The molecule has 2 N–H and O–H groups in total. The maximum atomic E-state index is 12.9. The normalized spacial score (nSPS) is 19.1. The van der Waals surface area contributed by atoms with Crippen molar-refractivity contribution in [2.24, 2.45) is 11.8 Å². The van der Waals surface area contributed by atoms with Gasteiger partial charge in [-0.3, -0.25) is 9.59 Å². The number of halogens is 1. The number of carbonyl (C=O) groups is 2. The molecule has 5 nitrogen and oxygen atoms in total. The largest absolute Gasteiger partial charge is 0.489 e. The number of rotatable bonds is 6. The fraction of sp³-hybridized carbons (Fsp3) is 0.300. The Morgan fingerprint density at radius 1 is 1.12 bits per heavy atom. The zero-order chi connectivity index (χ0) is 18.5. The number of amides is 1. The number of aliphatic carboxylic acids is 1. The quantitative estimate of drug-likeness (QED) is 0.823. The molecule has 0 aromatic heterocycles. The lowest BCUT2D eigenvalue weighted by molar-refractivity contribution is -0.141. The third-order valence-corrected chi connectivity index (χ3v) is 4.57. The van der Waals surface area contributed by atoms with E-state index in [0.29, 0.717) is 37.3 Å². The van der Waals surface area contributed by atoms with Gasteiger partial charge in [-0.05, 0) is 49.1 Å². The number of carboxylic acid groups (broad SMARTS) is 1. The minimum Gasteiger partial charge on any atom is -0.489 e. The van der Waals surface area contributed by atoms with Crippen LogP contribution < -0.4 is 10.1 Å². The number of hydrogen-bond donors (Lipinski definition) is 2. The van der Waals surface area contributed by atoms with Crippen LogP contribution in [0.3, 0.4) is 0 Å². The van der Waals surface area contributed by atoms with E-state index < -0.39 is 11.9 Å². The first-order valence-corrected chi connectivity index (χ1v) is 8.52. The van der Waals surface area contributed by atoms with Crippen molar-refractivity contribution in [1.29, 1.82) is 0 Å². The van der Waals surface area contributed by atoms with Crippen molar-refractivity contribution in [2.45, 2.75) is 25.9 Å². The van der Waals surface area contributed by atoms with Crippen LogP contribution in [-0.4, -0.2) is 17.0 Å². The Kier molecular flexibility index (Phi) is 5.51. The summed E-state index contributed by atoms with van der Waals surface area (Å²) in [6.45, 7) is 0.292. The highest BCUT2D eigenvalue weighted by atomic mass is 19.1. The summed E-state index contributed by atoms with van der Waals surface area (Å²) in [5.74, 6) is -1.42. The summed E-state index contributed by atoms with van der Waals surface area (Å²) in [5.41, 5.74) is 1.44. The topological polar surface area (TPSA) is 75.6 Å². The molecule has 6 heteroatoms. The maximum absolute atomic E-state index is 12.9. The summed E-state index contributed by atoms with van der Waals surface area (Å²) in [5, 5.41) is 11.9. The van der Waals surface area contributed by atoms with Crippen LogP contribution in [0, 0.1) is 17.7 Å². The molecule has 1 fully saturated rings. The van der Waals surface area contributed by atoms with Crippen molar-refractivity contribution in [2.75, 3.05) is 5.32 Å². The van der Waals surface area contributed by atoms with Gasteiger partial charge in [0.15, 0.2) is 0 Å². The zero-order valence-electron chi connectivity index (χ0n) is 14.2. The number of ether oxygens (including phenoxy) is 1. The summed E-state index contributed by atoms with van der Waals surface area (Å²) >= 11 is 0. The van der Waals surface area contributed by atoms with Crippen LogP contribution in [0.2, 0.25) is 0 Å². The Morgan fingerprint density at radius 3 is 2.54 bits per heavy atom. The second kappa shape index (κ2) is 7.99. The first kappa shape index (κ1) is 17.9. The Balaban J connectivity index is 1.56. The van der Waals surface area contributed by atoms with Gasteiger partial charge in [-0.1, -0.05) is 18.2 Å². The second-order valence-corrected chi connectivity index (χ2v) is 6.48. The molecule has 0 saturated heterocycles. The van der Waals surface area contributed by atoms with Gasteiger partial charge >= 0.3 is 5.97 Å². The lowest BCUT2D eigenvalue weighted by Gasteiger charge is -2.12. The van der Waals surface area contributed by atoms with E-state index in [-0.39, 0.29) is 17.6 Å². The molecule has 1 aliphatic rings. The summed E-state index contributed by atoms with van der Waals surface area (Å²) in [6.07, 6.45) is 1.50. The summed E-state index contributed by atoms with van der Waals surface area (Å²) in [6, 6.07) is 13.1. The second-order valence-electron chi connectivity index (χ2n) is 6.48. The fourth-order valence-corrected chi connectivity index (χ4v) is 3.10. The van der Waals surface area contributed by atoms with E-state index in [0.717, 1.165) is 5.56 Å². The Labute approximate surface area is 150 Å². The van der Waals surface area contributed by atoms with Crippen molar-refractivity contribution in [1.82, 2.24) is 0 Å². The molecule has 1 saturated carbocycles. The molecule has 2 aromatic carbocycles. The van der Waals surface area contributed by atoms with Crippen LogP contribution in [-0.2, 0) is 16.2 Å². The van der Waals surface area contributed by atoms with E-state index in [1.165, 1.54) is 12.1 Å². The predicted octanol–water partition coefficient (Wildman–Crippen LogP) is 3.84. The predicted molar refractivity (Wildman–Crippen MR) is 94.3 cm³/mol. The van der Waals surface area contributed by atoms with Gasteiger partial charge in [0.2, 0.25) is 5.91 Å². The van der Waals surface area contributed by atoms with Crippen LogP contribution >= 0.6 is 0 Å². The minimum atomic E-state index is -0.837. The number of hydrogen-bond acceptors (Lipinski definition) is 3. The molecule has 2 atom stereocenters. The molecule has 2 aromatic rings. The third kappa shape index (κ3) is 4.59. The summed E-state index contributed by atoms with van der Waals surface area (Å²) in [7, 11) is 0. The average molecular weight is 357 g/mol. The zero-order valence-corrected chi connectivity index (χ0v) is 14.2. The van der Waals surface area contributed by atoms with Crippen molar-refractivity contribution >= 4 is 17.6 Å². The van der Waals surface area contributed by atoms with Crippen molar-refractivity contribution in [3.63, 3.8) is 0 Å². The molecule has 0 unspecified atom stereocenters. The van der Waals surface area contributed by atoms with E-state index in [1.807, 2.05) is 0 Å². The monoisotopic (exact) mass is 357 g/mol. The smallest absolute Gasteiger partial charge is 0.306 e. The van der Waals surface area contributed by atoms with Gasteiger partial charge in [-0.15, -0.1) is 0 Å². The summed E-state index contributed by atoms with van der Waals surface area (Å²) in [4.78, 5) is 23.3. The number of nitrogens with one attached hydrogen (secondary N) is 1. The van der Waals surface area contributed by atoms with Crippen LogP contribution in [0.25, 0.3) is 0 Å². The average Bonchev–Trinajstić information content (AvgIpc) is 3.12. The van der Waals surface area contributed by atoms with E-state index >= 15 is 0 Å². The van der Waals surface area contributed by atoms with Crippen molar-refractivity contribution in [3.05, 3.63) is 59.9 Å². The van der Waals surface area contributed by atoms with E-state index in [4.69, 9.17) is 9.84 Å². The van der Waals surface area contributed by atoms with Gasteiger partial charge in [0.05, 0.1) is 5.92 Å². The van der Waals surface area contributed by atoms with Gasteiger partial charge < -0.3 is 15.2 Å². The highest BCUT2D eigenvalue weighted by Crippen LogP contribution is 2.32. The number of carboxylic acids is 1. The van der Waals surface area contributed by atoms with Gasteiger partial charge in [0.25, 0.3) is 0 Å². The van der Waals surface area contributed by atoms with E-state index in [9.17, 15) is 14.0 Å². The van der Waals surface area contributed by atoms with Gasteiger partial charge in [0.1, 0.15) is 18.2 Å². The number of benzene rings is 2. The van der Waals surface area contributed by atoms with Crippen molar-refractivity contribution in [3.8, 4) is 5.75 Å².